The van der Waals surface area contributed by atoms with Crippen LogP contribution in [0.1, 0.15) is 37.7 Å². The molecule has 1 aliphatic heterocycles. The highest BCUT2D eigenvalue weighted by atomic mass is 19.1. The van der Waals surface area contributed by atoms with Gasteiger partial charge in [0.25, 0.3) is 0 Å². The third-order valence-electron chi connectivity index (χ3n) is 5.48. The number of halogens is 1. The molecule has 5 nitrogen and oxygen atoms in total. The van der Waals surface area contributed by atoms with Gasteiger partial charge in [0.1, 0.15) is 5.82 Å². The highest BCUT2D eigenvalue weighted by Crippen LogP contribution is 2.41. The van der Waals surface area contributed by atoms with Gasteiger partial charge in [0, 0.05) is 30.7 Å². The molecule has 1 aromatic carbocycles. The zero-order chi connectivity index (χ0) is 17.2. The van der Waals surface area contributed by atoms with E-state index in [4.69, 9.17) is 5.11 Å². The van der Waals surface area contributed by atoms with Crippen LogP contribution in [0.2, 0.25) is 0 Å². The topological polar surface area (TPSA) is 76.4 Å². The smallest absolute Gasteiger partial charge is 0.404 e. The average molecular weight is 331 g/mol. The van der Waals surface area contributed by atoms with Crippen molar-refractivity contribution in [1.29, 1.82) is 5.26 Å². The second kappa shape index (κ2) is 6.78. The molecule has 0 bridgehead atoms. The van der Waals surface area contributed by atoms with Crippen LogP contribution >= 0.6 is 0 Å². The number of carboxylic acid groups (broad SMARTS) is 1. The molecule has 1 aromatic rings. The number of likely N-dealkylation sites (tertiary alicyclic amines) is 1. The third-order valence-corrected chi connectivity index (χ3v) is 5.48. The number of nitrogens with one attached hydrogen (secondary N) is 1. The van der Waals surface area contributed by atoms with Crippen molar-refractivity contribution < 1.29 is 14.3 Å². The summed E-state index contributed by atoms with van der Waals surface area (Å²) in [5, 5.41) is 21.1. The second-order valence-electron chi connectivity index (χ2n) is 6.83. The lowest BCUT2D eigenvalue weighted by atomic mass is 9.69. The minimum absolute atomic E-state index is 0.0169. The van der Waals surface area contributed by atoms with E-state index in [1.807, 2.05) is 0 Å². The number of nitriles is 1. The van der Waals surface area contributed by atoms with Crippen molar-refractivity contribution >= 4 is 6.09 Å². The number of hydrogen-bond acceptors (Lipinski definition) is 3. The summed E-state index contributed by atoms with van der Waals surface area (Å²) in [5.74, 6) is -0.301. The van der Waals surface area contributed by atoms with Gasteiger partial charge >= 0.3 is 6.09 Å². The predicted octanol–water partition coefficient (Wildman–Crippen LogP) is 2.87. The minimum Gasteiger partial charge on any atom is -0.465 e. The Kier molecular flexibility index (Phi) is 4.72. The van der Waals surface area contributed by atoms with Gasteiger partial charge in [-0.1, -0.05) is 18.2 Å². The molecule has 3 rings (SSSR count). The SMILES string of the molecule is N#CC1(c2ccccc2F)CCC(N2CC[C@@H](NC(=O)O)C2)CC1. The van der Waals surface area contributed by atoms with Gasteiger partial charge in [-0.15, -0.1) is 0 Å². The predicted molar refractivity (Wildman–Crippen MR) is 87.1 cm³/mol. The zero-order valence-corrected chi connectivity index (χ0v) is 13.5. The maximum Gasteiger partial charge on any atom is 0.404 e. The van der Waals surface area contributed by atoms with Gasteiger partial charge in [-0.3, -0.25) is 4.90 Å². The molecule has 24 heavy (non-hydrogen) atoms. The van der Waals surface area contributed by atoms with E-state index < -0.39 is 11.5 Å². The van der Waals surface area contributed by atoms with E-state index in [0.717, 1.165) is 32.4 Å². The molecule has 1 saturated carbocycles. The highest BCUT2D eigenvalue weighted by molar-refractivity contribution is 5.64. The van der Waals surface area contributed by atoms with Crippen LogP contribution in [-0.2, 0) is 5.41 Å². The molecule has 1 aliphatic carbocycles. The number of nitrogens with zero attached hydrogens (tertiary/aromatic N) is 2. The van der Waals surface area contributed by atoms with E-state index in [1.54, 1.807) is 18.2 Å². The van der Waals surface area contributed by atoms with Crippen LogP contribution in [0.5, 0.6) is 0 Å². The van der Waals surface area contributed by atoms with Crippen molar-refractivity contribution in [3.05, 3.63) is 35.6 Å². The molecule has 2 N–H and O–H groups in total. The molecule has 2 fully saturated rings. The number of rotatable bonds is 3. The summed E-state index contributed by atoms with van der Waals surface area (Å²) < 4.78 is 14.2. The molecule has 0 radical (unpaired) electrons. The van der Waals surface area contributed by atoms with Crippen LogP contribution in [0, 0.1) is 17.1 Å². The van der Waals surface area contributed by atoms with Crippen molar-refractivity contribution in [3.63, 3.8) is 0 Å². The Labute approximate surface area is 141 Å². The maximum absolute atomic E-state index is 14.2. The van der Waals surface area contributed by atoms with E-state index in [2.05, 4.69) is 16.3 Å². The van der Waals surface area contributed by atoms with E-state index in [0.29, 0.717) is 24.4 Å². The molecular formula is C18H22FN3O2. The van der Waals surface area contributed by atoms with Crippen LogP contribution in [0.15, 0.2) is 24.3 Å². The van der Waals surface area contributed by atoms with Crippen molar-refractivity contribution in [2.75, 3.05) is 13.1 Å². The lowest BCUT2D eigenvalue weighted by Crippen LogP contribution is -2.43. The number of amides is 1. The molecule has 0 spiro atoms. The summed E-state index contributed by atoms with van der Waals surface area (Å²) in [6.45, 7) is 1.59. The molecule has 6 heteroatoms. The van der Waals surface area contributed by atoms with Crippen LogP contribution in [-0.4, -0.2) is 41.3 Å². The summed E-state index contributed by atoms with van der Waals surface area (Å²) in [5.41, 5.74) is -0.224. The Balaban J connectivity index is 1.64. The summed E-state index contributed by atoms with van der Waals surface area (Å²) in [7, 11) is 0. The number of carbonyl (C=O) groups is 1. The molecule has 2 aliphatic rings. The Hall–Kier alpha value is -2.13. The van der Waals surface area contributed by atoms with Crippen molar-refractivity contribution in [2.45, 2.75) is 49.6 Å². The Morgan fingerprint density at radius 1 is 1.33 bits per heavy atom. The molecule has 1 heterocycles. The molecule has 1 amide bonds. The van der Waals surface area contributed by atoms with Crippen LogP contribution in [0.3, 0.4) is 0 Å². The normalized spacial score (nSPS) is 30.7. The van der Waals surface area contributed by atoms with Gasteiger partial charge in [0.2, 0.25) is 0 Å². The Bertz CT molecular complexity index is 650. The first kappa shape index (κ1) is 16.7. The lowest BCUT2D eigenvalue weighted by Gasteiger charge is -2.39. The van der Waals surface area contributed by atoms with Crippen LogP contribution < -0.4 is 5.32 Å². The van der Waals surface area contributed by atoms with Crippen molar-refractivity contribution in [1.82, 2.24) is 10.2 Å². The number of benzene rings is 1. The monoisotopic (exact) mass is 331 g/mol. The van der Waals surface area contributed by atoms with Crippen molar-refractivity contribution in [3.8, 4) is 6.07 Å². The fourth-order valence-electron chi connectivity index (χ4n) is 4.16. The lowest BCUT2D eigenvalue weighted by molar-refractivity contribution is 0.158. The first-order valence-corrected chi connectivity index (χ1v) is 8.44. The first-order chi connectivity index (χ1) is 11.5. The van der Waals surface area contributed by atoms with Crippen LogP contribution in [0.25, 0.3) is 0 Å². The summed E-state index contributed by atoms with van der Waals surface area (Å²) in [6, 6.07) is 9.28. The zero-order valence-electron chi connectivity index (χ0n) is 13.5. The van der Waals surface area contributed by atoms with E-state index in [9.17, 15) is 14.4 Å². The van der Waals surface area contributed by atoms with Gasteiger partial charge in [0.15, 0.2) is 0 Å². The molecule has 1 saturated heterocycles. The summed E-state index contributed by atoms with van der Waals surface area (Å²) in [4.78, 5) is 13.1. The largest absolute Gasteiger partial charge is 0.465 e. The summed E-state index contributed by atoms with van der Waals surface area (Å²) >= 11 is 0. The van der Waals surface area contributed by atoms with Gasteiger partial charge in [-0.2, -0.15) is 5.26 Å². The Morgan fingerprint density at radius 3 is 2.67 bits per heavy atom. The van der Waals surface area contributed by atoms with E-state index >= 15 is 0 Å². The van der Waals surface area contributed by atoms with Crippen molar-refractivity contribution in [2.24, 2.45) is 0 Å². The first-order valence-electron chi connectivity index (χ1n) is 8.44. The highest BCUT2D eigenvalue weighted by Gasteiger charge is 2.41. The molecule has 1 atom stereocenters. The van der Waals surface area contributed by atoms with Gasteiger partial charge in [0.05, 0.1) is 11.5 Å². The standard InChI is InChI=1S/C18H22FN3O2/c19-16-4-2-1-3-15(16)18(12-20)8-5-14(6-9-18)22-10-7-13(11-22)21-17(23)24/h1-4,13-14,21H,5-11H2,(H,23,24)/t13-,14?,18?/m1/s1. The minimum atomic E-state index is -0.978. The second-order valence-corrected chi connectivity index (χ2v) is 6.83. The third kappa shape index (κ3) is 3.22. The van der Waals surface area contributed by atoms with Gasteiger partial charge < -0.3 is 10.4 Å². The summed E-state index contributed by atoms with van der Waals surface area (Å²) in [6.07, 6.45) is 2.79. The van der Waals surface area contributed by atoms with Crippen LogP contribution in [0.4, 0.5) is 9.18 Å². The fourth-order valence-corrected chi connectivity index (χ4v) is 4.16. The number of hydrogen-bond donors (Lipinski definition) is 2. The van der Waals surface area contributed by atoms with Gasteiger partial charge in [-0.05, 0) is 38.2 Å². The quantitative estimate of drug-likeness (QED) is 0.893. The Morgan fingerprint density at radius 2 is 2.04 bits per heavy atom. The molecule has 128 valence electrons. The average Bonchev–Trinajstić information content (AvgIpc) is 3.03. The van der Waals surface area contributed by atoms with E-state index in [-0.39, 0.29) is 11.9 Å². The molecule has 0 aromatic heterocycles. The van der Waals surface area contributed by atoms with E-state index in [1.165, 1.54) is 6.07 Å². The molecular weight excluding hydrogens is 309 g/mol. The molecule has 0 unspecified atom stereocenters. The fraction of sp³-hybridized carbons (Fsp3) is 0.556. The van der Waals surface area contributed by atoms with Gasteiger partial charge in [-0.25, -0.2) is 9.18 Å². The maximum atomic E-state index is 14.2.